The van der Waals surface area contributed by atoms with E-state index in [0.29, 0.717) is 17.2 Å². The molecular weight excluding hydrogens is 346 g/mol. The highest BCUT2D eigenvalue weighted by Gasteiger charge is 2.23. The summed E-state index contributed by atoms with van der Waals surface area (Å²) in [6.45, 7) is 8.42. The Morgan fingerprint density at radius 1 is 1.19 bits per heavy atom. The van der Waals surface area contributed by atoms with Crippen molar-refractivity contribution in [3.05, 3.63) is 29.8 Å². The molecule has 1 unspecified atom stereocenters. The van der Waals surface area contributed by atoms with Crippen molar-refractivity contribution < 1.29 is 9.21 Å². The number of thioether (sulfide) groups is 1. The predicted molar refractivity (Wildman–Crippen MR) is 104 cm³/mol. The number of nitrogens with one attached hydrogen (secondary N) is 1. The molecule has 6 heteroatoms. The lowest BCUT2D eigenvalue weighted by Gasteiger charge is -2.18. The maximum absolute atomic E-state index is 12.3. The summed E-state index contributed by atoms with van der Waals surface area (Å²) in [5.41, 5.74) is 2.25. The molecule has 1 aromatic carbocycles. The van der Waals surface area contributed by atoms with E-state index in [1.54, 1.807) is 0 Å². The molecule has 0 bridgehead atoms. The molecule has 1 amide bonds. The van der Waals surface area contributed by atoms with E-state index in [4.69, 9.17) is 4.42 Å². The van der Waals surface area contributed by atoms with Gasteiger partial charge < -0.3 is 9.73 Å². The smallest absolute Gasteiger partial charge is 0.277 e. The van der Waals surface area contributed by atoms with Gasteiger partial charge in [-0.05, 0) is 42.9 Å². The highest BCUT2D eigenvalue weighted by atomic mass is 32.2. The fourth-order valence-electron chi connectivity index (χ4n) is 3.08. The fraction of sp³-hybridized carbons (Fsp3) is 0.550. The van der Waals surface area contributed by atoms with Crippen LogP contribution in [-0.4, -0.2) is 27.4 Å². The number of carbonyl (C=O) groups excluding carboxylic acids is 1. The lowest BCUT2D eigenvalue weighted by atomic mass is 9.87. The molecular formula is C20H27N3O2S. The lowest BCUT2D eigenvalue weighted by Crippen LogP contribution is -2.37. The van der Waals surface area contributed by atoms with Crippen molar-refractivity contribution >= 4 is 17.7 Å². The third kappa shape index (κ3) is 4.67. The molecule has 5 nitrogen and oxygen atoms in total. The number of amides is 1. The predicted octanol–water partition coefficient (Wildman–Crippen LogP) is 4.57. The molecule has 140 valence electrons. The van der Waals surface area contributed by atoms with Crippen molar-refractivity contribution in [1.82, 2.24) is 15.5 Å². The number of aromatic nitrogens is 2. The first-order valence-corrected chi connectivity index (χ1v) is 10.1. The highest BCUT2D eigenvalue weighted by molar-refractivity contribution is 8.00. The van der Waals surface area contributed by atoms with E-state index in [9.17, 15) is 4.79 Å². The first-order valence-electron chi connectivity index (χ1n) is 9.24. The Morgan fingerprint density at radius 2 is 1.85 bits per heavy atom. The molecule has 1 N–H and O–H groups in total. The zero-order valence-electron chi connectivity index (χ0n) is 15.9. The van der Waals surface area contributed by atoms with E-state index < -0.39 is 0 Å². The summed E-state index contributed by atoms with van der Waals surface area (Å²) < 4.78 is 5.75. The Kier molecular flexibility index (Phi) is 5.70. The highest BCUT2D eigenvalue weighted by Crippen LogP contribution is 2.29. The summed E-state index contributed by atoms with van der Waals surface area (Å²) in [5.74, 6) is 0.521. The second-order valence-corrected chi connectivity index (χ2v) is 9.24. The van der Waals surface area contributed by atoms with E-state index in [1.807, 2.05) is 19.1 Å². The molecule has 1 saturated carbocycles. The van der Waals surface area contributed by atoms with Gasteiger partial charge in [0.1, 0.15) is 0 Å². The van der Waals surface area contributed by atoms with Crippen molar-refractivity contribution in [2.24, 2.45) is 0 Å². The number of benzene rings is 1. The molecule has 0 spiro atoms. The molecule has 1 atom stereocenters. The van der Waals surface area contributed by atoms with Crippen LogP contribution >= 0.6 is 11.8 Å². The minimum atomic E-state index is -0.257. The van der Waals surface area contributed by atoms with Gasteiger partial charge >= 0.3 is 0 Å². The number of rotatable bonds is 5. The number of nitrogens with zero attached hydrogens (tertiary/aromatic N) is 2. The maximum Gasteiger partial charge on any atom is 0.277 e. The zero-order chi connectivity index (χ0) is 18.7. The molecule has 1 aromatic heterocycles. The van der Waals surface area contributed by atoms with Gasteiger partial charge in [-0.1, -0.05) is 57.5 Å². The lowest BCUT2D eigenvalue weighted by molar-refractivity contribution is -0.120. The SMILES string of the molecule is CC(Sc1nnc(-c2ccc(C(C)(C)C)cc2)o1)C(=O)NC1CCCC1. The normalized spacial score (nSPS) is 16.6. The van der Waals surface area contributed by atoms with E-state index in [1.165, 1.54) is 30.2 Å². The molecule has 1 heterocycles. The van der Waals surface area contributed by atoms with Crippen LogP contribution in [0.1, 0.15) is 58.9 Å². The Labute approximate surface area is 159 Å². The van der Waals surface area contributed by atoms with Gasteiger partial charge in [0.05, 0.1) is 5.25 Å². The van der Waals surface area contributed by atoms with E-state index >= 15 is 0 Å². The van der Waals surface area contributed by atoms with Crippen LogP contribution in [0.2, 0.25) is 0 Å². The first kappa shape index (κ1) is 19.0. The molecule has 26 heavy (non-hydrogen) atoms. The molecule has 0 aliphatic heterocycles. The molecule has 1 aliphatic rings. The maximum atomic E-state index is 12.3. The summed E-state index contributed by atoms with van der Waals surface area (Å²) in [6.07, 6.45) is 4.57. The topological polar surface area (TPSA) is 68.0 Å². The Morgan fingerprint density at radius 3 is 2.46 bits per heavy atom. The van der Waals surface area contributed by atoms with Crippen molar-refractivity contribution in [3.63, 3.8) is 0 Å². The van der Waals surface area contributed by atoms with E-state index in [-0.39, 0.29) is 16.6 Å². The van der Waals surface area contributed by atoms with Crippen LogP contribution in [0.25, 0.3) is 11.5 Å². The third-order valence-electron chi connectivity index (χ3n) is 4.75. The molecule has 1 fully saturated rings. The Bertz CT molecular complexity index is 743. The molecule has 0 radical (unpaired) electrons. The van der Waals surface area contributed by atoms with Gasteiger partial charge in [0.25, 0.3) is 5.22 Å². The van der Waals surface area contributed by atoms with Gasteiger partial charge in [-0.3, -0.25) is 4.79 Å². The second-order valence-electron chi connectivity index (χ2n) is 7.95. The standard InChI is InChI=1S/C20H27N3O2S/c1-13(17(24)21-16-7-5-6-8-16)26-19-23-22-18(25-19)14-9-11-15(12-10-14)20(2,3)4/h9-13,16H,5-8H2,1-4H3,(H,21,24). The van der Waals surface area contributed by atoms with Gasteiger partial charge in [0, 0.05) is 11.6 Å². The van der Waals surface area contributed by atoms with E-state index in [2.05, 4.69) is 48.4 Å². The summed E-state index contributed by atoms with van der Waals surface area (Å²) in [5, 5.41) is 11.5. The summed E-state index contributed by atoms with van der Waals surface area (Å²) >= 11 is 1.31. The van der Waals surface area contributed by atoms with Crippen molar-refractivity contribution in [2.75, 3.05) is 0 Å². The average Bonchev–Trinajstić information content (AvgIpc) is 3.26. The summed E-state index contributed by atoms with van der Waals surface area (Å²) in [7, 11) is 0. The monoisotopic (exact) mass is 373 g/mol. The minimum absolute atomic E-state index is 0.0381. The van der Waals surface area contributed by atoms with Crippen LogP contribution in [-0.2, 0) is 10.2 Å². The number of hydrogen-bond acceptors (Lipinski definition) is 5. The molecule has 1 aliphatic carbocycles. The molecule has 0 saturated heterocycles. The Hall–Kier alpha value is -1.82. The van der Waals surface area contributed by atoms with Crippen LogP contribution in [0.4, 0.5) is 0 Å². The van der Waals surface area contributed by atoms with E-state index in [0.717, 1.165) is 18.4 Å². The third-order valence-corrected chi connectivity index (χ3v) is 5.69. The second kappa shape index (κ2) is 7.82. The van der Waals surface area contributed by atoms with Crippen molar-refractivity contribution in [3.8, 4) is 11.5 Å². The molecule has 3 rings (SSSR count). The summed E-state index contributed by atoms with van der Waals surface area (Å²) in [4.78, 5) is 12.3. The van der Waals surface area contributed by atoms with Crippen LogP contribution < -0.4 is 5.32 Å². The summed E-state index contributed by atoms with van der Waals surface area (Å²) in [6, 6.07) is 8.50. The average molecular weight is 374 g/mol. The largest absolute Gasteiger partial charge is 0.411 e. The van der Waals surface area contributed by atoms with Gasteiger partial charge in [0.2, 0.25) is 11.8 Å². The van der Waals surface area contributed by atoms with Gasteiger partial charge in [-0.2, -0.15) is 0 Å². The quantitative estimate of drug-likeness (QED) is 0.777. The number of carbonyl (C=O) groups is 1. The first-order chi connectivity index (χ1) is 12.3. The van der Waals surface area contributed by atoms with Crippen LogP contribution in [0.5, 0.6) is 0 Å². The van der Waals surface area contributed by atoms with Crippen LogP contribution in [0.15, 0.2) is 33.9 Å². The van der Waals surface area contributed by atoms with Crippen LogP contribution in [0.3, 0.4) is 0 Å². The van der Waals surface area contributed by atoms with Crippen LogP contribution in [0, 0.1) is 0 Å². The van der Waals surface area contributed by atoms with Crippen molar-refractivity contribution in [2.45, 2.75) is 75.3 Å². The van der Waals surface area contributed by atoms with Crippen molar-refractivity contribution in [1.29, 1.82) is 0 Å². The fourth-order valence-corrected chi connectivity index (χ4v) is 3.77. The molecule has 2 aromatic rings. The Balaban J connectivity index is 1.61. The minimum Gasteiger partial charge on any atom is -0.411 e. The number of hydrogen-bond donors (Lipinski definition) is 1. The van der Waals surface area contributed by atoms with Gasteiger partial charge in [-0.15, -0.1) is 10.2 Å². The van der Waals surface area contributed by atoms with Gasteiger partial charge in [-0.25, -0.2) is 0 Å². The zero-order valence-corrected chi connectivity index (χ0v) is 16.7. The van der Waals surface area contributed by atoms with Gasteiger partial charge in [0.15, 0.2) is 0 Å².